The van der Waals surface area contributed by atoms with Crippen LogP contribution >= 0.6 is 0 Å². The van der Waals surface area contributed by atoms with Crippen molar-refractivity contribution in [2.24, 2.45) is 0 Å². The summed E-state index contributed by atoms with van der Waals surface area (Å²) in [6.45, 7) is 0. The molecule has 2 rings (SSSR count). The highest BCUT2D eigenvalue weighted by atomic mass is 32.2. The Labute approximate surface area is 95.2 Å². The molecule has 0 amide bonds. The number of hydrogen-bond acceptors (Lipinski definition) is 3. The van der Waals surface area contributed by atoms with Gasteiger partial charge in [0.05, 0.1) is 4.90 Å². The molecule has 0 aromatic heterocycles. The van der Waals surface area contributed by atoms with E-state index >= 15 is 0 Å². The number of anilines is 1. The molecule has 0 saturated heterocycles. The van der Waals surface area contributed by atoms with Crippen molar-refractivity contribution in [2.45, 2.75) is 36.5 Å². The Morgan fingerprint density at radius 2 is 1.88 bits per heavy atom. The summed E-state index contributed by atoms with van der Waals surface area (Å²) in [5.74, 6) is 0.209. The number of benzene rings is 1. The average Bonchev–Trinajstić information content (AvgIpc) is 2.68. The van der Waals surface area contributed by atoms with Gasteiger partial charge in [-0.25, -0.2) is 0 Å². The van der Waals surface area contributed by atoms with E-state index in [4.69, 9.17) is 10.3 Å². The molecule has 1 aromatic rings. The van der Waals surface area contributed by atoms with E-state index in [0.29, 0.717) is 11.3 Å². The largest absolute Gasteiger partial charge is 0.399 e. The lowest BCUT2D eigenvalue weighted by molar-refractivity contribution is 0.480. The van der Waals surface area contributed by atoms with Crippen LogP contribution in [0, 0.1) is 0 Å². The molecule has 16 heavy (non-hydrogen) atoms. The highest BCUT2D eigenvalue weighted by Crippen LogP contribution is 2.37. The van der Waals surface area contributed by atoms with Gasteiger partial charge in [0.2, 0.25) is 0 Å². The Kier molecular flexibility index (Phi) is 2.90. The summed E-state index contributed by atoms with van der Waals surface area (Å²) in [7, 11) is -4.14. The minimum Gasteiger partial charge on any atom is -0.399 e. The maximum atomic E-state index is 11.2. The molecular weight excluding hydrogens is 226 g/mol. The molecular formula is C11H15NO3S. The van der Waals surface area contributed by atoms with Crippen molar-refractivity contribution in [3.8, 4) is 0 Å². The SMILES string of the molecule is Nc1ccc(S(=O)(=O)O)c(C2CCCC2)c1. The van der Waals surface area contributed by atoms with Gasteiger partial charge in [0.1, 0.15) is 0 Å². The third-order valence-electron chi connectivity index (χ3n) is 3.11. The summed E-state index contributed by atoms with van der Waals surface area (Å²) in [4.78, 5) is 0.00796. The van der Waals surface area contributed by atoms with E-state index in [2.05, 4.69) is 0 Å². The molecule has 1 aliphatic carbocycles. The maximum absolute atomic E-state index is 11.2. The van der Waals surface area contributed by atoms with Gasteiger partial charge in [0.25, 0.3) is 10.1 Å². The third-order valence-corrected chi connectivity index (χ3v) is 4.03. The summed E-state index contributed by atoms with van der Waals surface area (Å²) in [5, 5.41) is 0. The zero-order valence-corrected chi connectivity index (χ0v) is 9.70. The summed E-state index contributed by atoms with van der Waals surface area (Å²) in [6.07, 6.45) is 4.13. The maximum Gasteiger partial charge on any atom is 0.294 e. The van der Waals surface area contributed by atoms with E-state index in [9.17, 15) is 8.42 Å². The van der Waals surface area contributed by atoms with Crippen LogP contribution in [0.5, 0.6) is 0 Å². The number of nitrogens with two attached hydrogens (primary N) is 1. The van der Waals surface area contributed by atoms with Crippen molar-refractivity contribution in [2.75, 3.05) is 5.73 Å². The van der Waals surface area contributed by atoms with Gasteiger partial charge < -0.3 is 5.73 Å². The van der Waals surface area contributed by atoms with Gasteiger partial charge >= 0.3 is 0 Å². The Balaban J connectivity index is 2.52. The molecule has 4 nitrogen and oxygen atoms in total. The Morgan fingerprint density at radius 1 is 1.25 bits per heavy atom. The molecule has 1 fully saturated rings. The molecule has 0 spiro atoms. The monoisotopic (exact) mass is 241 g/mol. The predicted octanol–water partition coefficient (Wildman–Crippen LogP) is 2.17. The lowest BCUT2D eigenvalue weighted by Crippen LogP contribution is -2.06. The average molecular weight is 241 g/mol. The fraction of sp³-hybridized carbons (Fsp3) is 0.455. The summed E-state index contributed by atoms with van der Waals surface area (Å²) in [6, 6.07) is 4.55. The summed E-state index contributed by atoms with van der Waals surface area (Å²) in [5.41, 5.74) is 6.86. The standard InChI is InChI=1S/C11H15NO3S/c12-9-5-6-11(16(13,14)15)10(7-9)8-3-1-2-4-8/h5-8H,1-4,12H2,(H,13,14,15). The molecule has 1 saturated carbocycles. The first kappa shape index (κ1) is 11.4. The molecule has 0 unspecified atom stereocenters. The third kappa shape index (κ3) is 2.20. The van der Waals surface area contributed by atoms with E-state index in [1.807, 2.05) is 0 Å². The van der Waals surface area contributed by atoms with Crippen LogP contribution in [0.1, 0.15) is 37.2 Å². The quantitative estimate of drug-likeness (QED) is 0.614. The van der Waals surface area contributed by atoms with Crippen molar-refractivity contribution in [1.29, 1.82) is 0 Å². The van der Waals surface area contributed by atoms with Gasteiger partial charge in [0, 0.05) is 5.69 Å². The van der Waals surface area contributed by atoms with Crippen LogP contribution in [-0.2, 0) is 10.1 Å². The molecule has 0 heterocycles. The zero-order chi connectivity index (χ0) is 11.8. The molecule has 0 radical (unpaired) electrons. The van der Waals surface area contributed by atoms with Crippen molar-refractivity contribution >= 4 is 15.8 Å². The first-order valence-corrected chi connectivity index (χ1v) is 6.79. The van der Waals surface area contributed by atoms with Crippen LogP contribution in [0.3, 0.4) is 0 Å². The number of rotatable bonds is 2. The molecule has 0 aliphatic heterocycles. The molecule has 1 aliphatic rings. The lowest BCUT2D eigenvalue weighted by atomic mass is 9.97. The number of nitrogen functional groups attached to an aromatic ring is 1. The topological polar surface area (TPSA) is 80.4 Å². The minimum atomic E-state index is -4.14. The van der Waals surface area contributed by atoms with Crippen molar-refractivity contribution < 1.29 is 13.0 Å². The fourth-order valence-corrected chi connectivity index (χ4v) is 3.12. The molecule has 0 bridgehead atoms. The highest BCUT2D eigenvalue weighted by molar-refractivity contribution is 7.85. The van der Waals surface area contributed by atoms with Crippen LogP contribution in [-0.4, -0.2) is 13.0 Å². The second-order valence-electron chi connectivity index (χ2n) is 4.25. The zero-order valence-electron chi connectivity index (χ0n) is 8.89. The predicted molar refractivity (Wildman–Crippen MR) is 61.9 cm³/mol. The van der Waals surface area contributed by atoms with Crippen molar-refractivity contribution in [1.82, 2.24) is 0 Å². The van der Waals surface area contributed by atoms with Crippen molar-refractivity contribution in [3.05, 3.63) is 23.8 Å². The van der Waals surface area contributed by atoms with Crippen molar-refractivity contribution in [3.63, 3.8) is 0 Å². The summed E-state index contributed by atoms with van der Waals surface area (Å²) >= 11 is 0. The minimum absolute atomic E-state index is 0.00796. The first-order valence-electron chi connectivity index (χ1n) is 5.35. The van der Waals surface area contributed by atoms with Crippen LogP contribution in [0.4, 0.5) is 5.69 Å². The number of hydrogen-bond donors (Lipinski definition) is 2. The molecule has 3 N–H and O–H groups in total. The normalized spacial score (nSPS) is 17.8. The van der Waals surface area contributed by atoms with E-state index in [0.717, 1.165) is 25.7 Å². The molecule has 88 valence electrons. The van der Waals surface area contributed by atoms with Crippen LogP contribution in [0.25, 0.3) is 0 Å². The lowest BCUT2D eigenvalue weighted by Gasteiger charge is -2.14. The second kappa shape index (κ2) is 4.07. The Hall–Kier alpha value is -1.07. The molecule has 1 aromatic carbocycles. The van der Waals surface area contributed by atoms with E-state index < -0.39 is 10.1 Å². The Morgan fingerprint density at radius 3 is 2.44 bits per heavy atom. The van der Waals surface area contributed by atoms with Crippen LogP contribution < -0.4 is 5.73 Å². The van der Waals surface area contributed by atoms with Gasteiger partial charge in [-0.3, -0.25) is 4.55 Å². The highest BCUT2D eigenvalue weighted by Gasteiger charge is 2.24. The van der Waals surface area contributed by atoms with Gasteiger partial charge in [-0.2, -0.15) is 8.42 Å². The van der Waals surface area contributed by atoms with E-state index in [-0.39, 0.29) is 10.8 Å². The van der Waals surface area contributed by atoms with Gasteiger partial charge in [-0.15, -0.1) is 0 Å². The first-order chi connectivity index (χ1) is 7.48. The fourth-order valence-electron chi connectivity index (χ4n) is 2.36. The smallest absolute Gasteiger partial charge is 0.294 e. The van der Waals surface area contributed by atoms with Crippen LogP contribution in [0.15, 0.2) is 23.1 Å². The molecule has 0 atom stereocenters. The van der Waals surface area contributed by atoms with Gasteiger partial charge in [-0.1, -0.05) is 12.8 Å². The second-order valence-corrected chi connectivity index (χ2v) is 5.64. The van der Waals surface area contributed by atoms with E-state index in [1.165, 1.54) is 12.1 Å². The summed E-state index contributed by atoms with van der Waals surface area (Å²) < 4.78 is 31.6. The van der Waals surface area contributed by atoms with Crippen LogP contribution in [0.2, 0.25) is 0 Å². The van der Waals surface area contributed by atoms with Gasteiger partial charge in [0.15, 0.2) is 0 Å². The van der Waals surface area contributed by atoms with E-state index in [1.54, 1.807) is 6.07 Å². The van der Waals surface area contributed by atoms with Gasteiger partial charge in [-0.05, 0) is 42.5 Å². The molecule has 5 heteroatoms. The Bertz CT molecular complexity index is 490.